The highest BCUT2D eigenvalue weighted by Gasteiger charge is 2.38. The molecule has 1 saturated heterocycles. The lowest BCUT2D eigenvalue weighted by molar-refractivity contribution is -0.142. The molecular formula is C12H24N2O5S. The summed E-state index contributed by atoms with van der Waals surface area (Å²) in [6.07, 6.45) is 3.85. The van der Waals surface area contributed by atoms with Crippen LogP contribution in [0.2, 0.25) is 0 Å². The Labute approximate surface area is 120 Å². The number of piperidine rings is 1. The summed E-state index contributed by atoms with van der Waals surface area (Å²) in [6.45, 7) is 0.704. The Kier molecular flexibility index (Phi) is 6.87. The molecule has 1 fully saturated rings. The molecule has 8 heteroatoms. The van der Waals surface area contributed by atoms with E-state index < -0.39 is 22.2 Å². The van der Waals surface area contributed by atoms with Gasteiger partial charge in [-0.2, -0.15) is 17.0 Å². The largest absolute Gasteiger partial charge is 0.480 e. The van der Waals surface area contributed by atoms with Gasteiger partial charge >= 0.3 is 5.97 Å². The van der Waals surface area contributed by atoms with Gasteiger partial charge in [0.1, 0.15) is 6.04 Å². The highest BCUT2D eigenvalue weighted by atomic mass is 32.2. The van der Waals surface area contributed by atoms with Gasteiger partial charge in [-0.25, -0.2) is 0 Å². The van der Waals surface area contributed by atoms with Crippen LogP contribution >= 0.6 is 0 Å². The van der Waals surface area contributed by atoms with Crippen molar-refractivity contribution < 1.29 is 23.4 Å². The molecule has 1 aliphatic heterocycles. The Hall–Kier alpha value is -0.700. The molecule has 1 heterocycles. The van der Waals surface area contributed by atoms with Crippen molar-refractivity contribution in [3.8, 4) is 0 Å². The Morgan fingerprint density at radius 3 is 2.60 bits per heavy atom. The number of aliphatic hydroxyl groups excluding tert-OH is 1. The van der Waals surface area contributed by atoms with Gasteiger partial charge in [0, 0.05) is 26.7 Å². The zero-order chi connectivity index (χ0) is 15.2. The first-order chi connectivity index (χ1) is 9.41. The highest BCUT2D eigenvalue weighted by molar-refractivity contribution is 7.86. The Morgan fingerprint density at radius 2 is 2.00 bits per heavy atom. The standard InChI is InChI=1S/C12H24N2O5S/c1-13(8-4-2-6-10-15)20(18,19)14-9-5-3-7-11(14)12(16)17/h11,15H,2-10H2,1H3,(H,16,17). The Balaban J connectivity index is 2.67. The summed E-state index contributed by atoms with van der Waals surface area (Å²) in [7, 11) is -2.25. The minimum atomic E-state index is -3.72. The maximum Gasteiger partial charge on any atom is 0.322 e. The van der Waals surface area contributed by atoms with Crippen molar-refractivity contribution in [2.75, 3.05) is 26.7 Å². The number of nitrogens with zero attached hydrogens (tertiary/aromatic N) is 2. The molecule has 1 rings (SSSR count). The fraction of sp³-hybridized carbons (Fsp3) is 0.917. The van der Waals surface area contributed by atoms with Gasteiger partial charge < -0.3 is 10.2 Å². The number of hydrogen-bond acceptors (Lipinski definition) is 4. The number of carboxylic acid groups (broad SMARTS) is 1. The molecule has 1 atom stereocenters. The molecule has 7 nitrogen and oxygen atoms in total. The Bertz CT molecular complexity index is 412. The third-order valence-electron chi connectivity index (χ3n) is 3.56. The number of carboxylic acids is 1. The third kappa shape index (κ3) is 4.41. The SMILES string of the molecule is CN(CCCCCO)S(=O)(=O)N1CCCCC1C(=O)O. The zero-order valence-electron chi connectivity index (χ0n) is 11.9. The van der Waals surface area contributed by atoms with Crippen molar-refractivity contribution >= 4 is 16.2 Å². The summed E-state index contributed by atoms with van der Waals surface area (Å²) in [5.74, 6) is -1.08. The van der Waals surface area contributed by atoms with Gasteiger partial charge in [-0.05, 0) is 38.5 Å². The van der Waals surface area contributed by atoms with Gasteiger partial charge in [0.05, 0.1) is 0 Å². The van der Waals surface area contributed by atoms with E-state index in [-0.39, 0.29) is 13.2 Å². The molecule has 1 unspecified atom stereocenters. The minimum absolute atomic E-state index is 0.101. The number of rotatable bonds is 8. The molecule has 0 amide bonds. The molecule has 0 spiro atoms. The van der Waals surface area contributed by atoms with E-state index >= 15 is 0 Å². The summed E-state index contributed by atoms with van der Waals surface area (Å²) in [6, 6.07) is -0.950. The predicted molar refractivity (Wildman–Crippen MR) is 74.5 cm³/mol. The van der Waals surface area contributed by atoms with Gasteiger partial charge in [0.2, 0.25) is 0 Å². The average Bonchev–Trinajstić information content (AvgIpc) is 2.43. The maximum absolute atomic E-state index is 12.4. The van der Waals surface area contributed by atoms with E-state index in [1.165, 1.54) is 11.4 Å². The van der Waals surface area contributed by atoms with Crippen LogP contribution in [-0.4, -0.2) is 66.0 Å². The topological polar surface area (TPSA) is 98.2 Å². The normalized spacial score (nSPS) is 21.2. The highest BCUT2D eigenvalue weighted by Crippen LogP contribution is 2.22. The fourth-order valence-corrected chi connectivity index (χ4v) is 3.94. The number of carbonyl (C=O) groups is 1. The molecule has 2 N–H and O–H groups in total. The van der Waals surface area contributed by atoms with E-state index in [1.54, 1.807) is 0 Å². The van der Waals surface area contributed by atoms with Gasteiger partial charge in [0.25, 0.3) is 10.2 Å². The van der Waals surface area contributed by atoms with E-state index in [9.17, 15) is 13.2 Å². The van der Waals surface area contributed by atoms with Crippen LogP contribution < -0.4 is 0 Å². The molecule has 118 valence electrons. The number of aliphatic hydroxyl groups is 1. The van der Waals surface area contributed by atoms with Crippen LogP contribution in [-0.2, 0) is 15.0 Å². The van der Waals surface area contributed by atoms with E-state index in [0.29, 0.717) is 32.2 Å². The smallest absolute Gasteiger partial charge is 0.322 e. The summed E-state index contributed by atoms with van der Waals surface area (Å²) < 4.78 is 27.1. The predicted octanol–water partition coefficient (Wildman–Crippen LogP) is 0.265. The lowest BCUT2D eigenvalue weighted by atomic mass is 10.1. The van der Waals surface area contributed by atoms with Crippen LogP contribution in [0.5, 0.6) is 0 Å². The molecule has 0 radical (unpaired) electrons. The lowest BCUT2D eigenvalue weighted by Gasteiger charge is -2.34. The van der Waals surface area contributed by atoms with Crippen LogP contribution in [0.3, 0.4) is 0 Å². The lowest BCUT2D eigenvalue weighted by Crippen LogP contribution is -2.52. The molecular weight excluding hydrogens is 284 g/mol. The number of hydrogen-bond donors (Lipinski definition) is 2. The maximum atomic E-state index is 12.4. The van der Waals surface area contributed by atoms with Crippen LogP contribution in [0, 0.1) is 0 Å². The zero-order valence-corrected chi connectivity index (χ0v) is 12.7. The van der Waals surface area contributed by atoms with Crippen LogP contribution in [0.25, 0.3) is 0 Å². The van der Waals surface area contributed by atoms with Crippen LogP contribution in [0.4, 0.5) is 0 Å². The molecule has 0 aromatic heterocycles. The van der Waals surface area contributed by atoms with Gasteiger partial charge in [0.15, 0.2) is 0 Å². The number of unbranched alkanes of at least 4 members (excludes halogenated alkanes) is 2. The van der Waals surface area contributed by atoms with Crippen LogP contribution in [0.1, 0.15) is 38.5 Å². The molecule has 20 heavy (non-hydrogen) atoms. The quantitative estimate of drug-likeness (QED) is 0.627. The number of aliphatic carboxylic acids is 1. The van der Waals surface area contributed by atoms with E-state index in [0.717, 1.165) is 17.1 Å². The van der Waals surface area contributed by atoms with Crippen molar-refractivity contribution in [2.24, 2.45) is 0 Å². The van der Waals surface area contributed by atoms with Crippen molar-refractivity contribution in [3.05, 3.63) is 0 Å². The average molecular weight is 308 g/mol. The molecule has 0 aliphatic carbocycles. The molecule has 0 bridgehead atoms. The Morgan fingerprint density at radius 1 is 1.30 bits per heavy atom. The van der Waals surface area contributed by atoms with Crippen molar-refractivity contribution in [1.82, 2.24) is 8.61 Å². The van der Waals surface area contributed by atoms with Crippen molar-refractivity contribution in [2.45, 2.75) is 44.6 Å². The van der Waals surface area contributed by atoms with E-state index in [4.69, 9.17) is 10.2 Å². The molecule has 0 saturated carbocycles. The monoisotopic (exact) mass is 308 g/mol. The molecule has 0 aromatic rings. The molecule has 1 aliphatic rings. The first-order valence-corrected chi connectivity index (χ1v) is 8.37. The van der Waals surface area contributed by atoms with E-state index in [2.05, 4.69) is 0 Å². The summed E-state index contributed by atoms with van der Waals surface area (Å²) >= 11 is 0. The summed E-state index contributed by atoms with van der Waals surface area (Å²) in [5.41, 5.74) is 0. The summed E-state index contributed by atoms with van der Waals surface area (Å²) in [4.78, 5) is 11.2. The molecule has 0 aromatic carbocycles. The third-order valence-corrected chi connectivity index (χ3v) is 5.56. The second kappa shape index (κ2) is 7.92. The fourth-order valence-electron chi connectivity index (χ4n) is 2.35. The van der Waals surface area contributed by atoms with Gasteiger partial charge in [-0.15, -0.1) is 0 Å². The summed E-state index contributed by atoms with van der Waals surface area (Å²) in [5, 5.41) is 17.8. The van der Waals surface area contributed by atoms with E-state index in [1.807, 2.05) is 0 Å². The second-order valence-corrected chi connectivity index (χ2v) is 7.06. The first kappa shape index (κ1) is 17.4. The van der Waals surface area contributed by atoms with Crippen LogP contribution in [0.15, 0.2) is 0 Å². The minimum Gasteiger partial charge on any atom is -0.480 e. The second-order valence-electron chi connectivity index (χ2n) is 5.07. The van der Waals surface area contributed by atoms with Crippen molar-refractivity contribution in [3.63, 3.8) is 0 Å². The van der Waals surface area contributed by atoms with Crippen molar-refractivity contribution in [1.29, 1.82) is 0 Å². The first-order valence-electron chi connectivity index (χ1n) is 6.98. The van der Waals surface area contributed by atoms with Gasteiger partial charge in [-0.3, -0.25) is 4.79 Å². The van der Waals surface area contributed by atoms with Gasteiger partial charge in [-0.1, -0.05) is 0 Å².